The van der Waals surface area contributed by atoms with Gasteiger partial charge >= 0.3 is 5.97 Å². The molecular formula is C22H19NO4. The lowest BCUT2D eigenvalue weighted by atomic mass is 10.1. The maximum atomic E-state index is 12.1. The van der Waals surface area contributed by atoms with Crippen LogP contribution in [0.4, 0.5) is 5.69 Å². The van der Waals surface area contributed by atoms with Crippen molar-refractivity contribution in [3.05, 3.63) is 78.4 Å². The maximum absolute atomic E-state index is 12.1. The fourth-order valence-electron chi connectivity index (χ4n) is 2.61. The molecule has 0 unspecified atom stereocenters. The summed E-state index contributed by atoms with van der Waals surface area (Å²) in [7, 11) is 1.58. The zero-order valence-electron chi connectivity index (χ0n) is 14.8. The predicted octanol–water partition coefficient (Wildman–Crippen LogP) is 4.04. The summed E-state index contributed by atoms with van der Waals surface area (Å²) in [4.78, 5) is 23.9. The Morgan fingerprint density at radius 1 is 1.00 bits per heavy atom. The number of rotatable bonds is 6. The summed E-state index contributed by atoms with van der Waals surface area (Å²) in [6, 6.07) is 20.6. The molecule has 3 aromatic carbocycles. The topological polar surface area (TPSA) is 64.6 Å². The molecule has 0 atom stereocenters. The van der Waals surface area contributed by atoms with E-state index in [2.05, 4.69) is 5.32 Å². The van der Waals surface area contributed by atoms with Crippen LogP contribution in [0, 0.1) is 0 Å². The lowest BCUT2D eigenvalue weighted by Gasteiger charge is -2.08. The molecule has 0 fully saturated rings. The van der Waals surface area contributed by atoms with Crippen molar-refractivity contribution in [3.8, 4) is 5.75 Å². The van der Waals surface area contributed by atoms with E-state index in [1.807, 2.05) is 60.7 Å². The van der Waals surface area contributed by atoms with Crippen LogP contribution >= 0.6 is 0 Å². The summed E-state index contributed by atoms with van der Waals surface area (Å²) >= 11 is 0. The molecule has 3 rings (SSSR count). The summed E-state index contributed by atoms with van der Waals surface area (Å²) in [5.41, 5.74) is 1.48. The largest absolute Gasteiger partial charge is 0.497 e. The highest BCUT2D eigenvalue weighted by Gasteiger charge is 2.08. The first-order chi connectivity index (χ1) is 13.2. The van der Waals surface area contributed by atoms with Gasteiger partial charge in [-0.05, 0) is 35.2 Å². The first kappa shape index (κ1) is 18.2. The number of ether oxygens (including phenoxy) is 2. The number of hydrogen-bond acceptors (Lipinski definition) is 4. The zero-order valence-corrected chi connectivity index (χ0v) is 14.8. The first-order valence-electron chi connectivity index (χ1n) is 8.42. The highest BCUT2D eigenvalue weighted by Crippen LogP contribution is 2.22. The Balaban J connectivity index is 1.55. The number of amides is 1. The summed E-state index contributed by atoms with van der Waals surface area (Å²) < 4.78 is 10.1. The summed E-state index contributed by atoms with van der Waals surface area (Å²) in [6.07, 6.45) is 2.88. The second-order valence-electron chi connectivity index (χ2n) is 5.79. The van der Waals surface area contributed by atoms with Gasteiger partial charge in [-0.3, -0.25) is 4.79 Å². The standard InChI is InChI=1S/C22H19NO4/c1-26-18-9-4-6-16(14-18)12-13-22(25)27-15-21(24)23-20-11-5-8-17-7-2-3-10-19(17)20/h2-14H,15H2,1H3,(H,23,24)/b13-12+. The van der Waals surface area contributed by atoms with Crippen molar-refractivity contribution < 1.29 is 19.1 Å². The fraction of sp³-hybridized carbons (Fsp3) is 0.0909. The quantitative estimate of drug-likeness (QED) is 0.531. The van der Waals surface area contributed by atoms with Gasteiger partial charge in [-0.15, -0.1) is 0 Å². The third-order valence-electron chi connectivity index (χ3n) is 3.91. The van der Waals surface area contributed by atoms with Crippen LogP contribution in [0.3, 0.4) is 0 Å². The normalized spacial score (nSPS) is 10.7. The Morgan fingerprint density at radius 2 is 1.78 bits per heavy atom. The summed E-state index contributed by atoms with van der Waals surface area (Å²) in [5, 5.41) is 4.72. The third-order valence-corrected chi connectivity index (χ3v) is 3.91. The zero-order chi connectivity index (χ0) is 19.1. The molecule has 0 spiro atoms. The summed E-state index contributed by atoms with van der Waals surface area (Å²) in [6.45, 7) is -0.357. The van der Waals surface area contributed by atoms with E-state index < -0.39 is 11.9 Å². The Kier molecular flexibility index (Phi) is 5.84. The predicted molar refractivity (Wildman–Crippen MR) is 106 cm³/mol. The molecule has 27 heavy (non-hydrogen) atoms. The number of anilines is 1. The molecule has 1 N–H and O–H groups in total. The van der Waals surface area contributed by atoms with Crippen molar-refractivity contribution in [2.24, 2.45) is 0 Å². The Hall–Kier alpha value is -3.60. The third kappa shape index (κ3) is 4.95. The second kappa shape index (κ2) is 8.67. The molecule has 0 saturated carbocycles. The second-order valence-corrected chi connectivity index (χ2v) is 5.79. The molecule has 0 aliphatic carbocycles. The van der Waals surface area contributed by atoms with E-state index in [0.29, 0.717) is 11.4 Å². The van der Waals surface area contributed by atoms with Gasteiger partial charge in [-0.1, -0.05) is 48.5 Å². The molecule has 1 amide bonds. The van der Waals surface area contributed by atoms with E-state index in [9.17, 15) is 9.59 Å². The lowest BCUT2D eigenvalue weighted by molar-refractivity contribution is -0.142. The molecule has 136 valence electrons. The monoisotopic (exact) mass is 361 g/mol. The van der Waals surface area contributed by atoms with E-state index in [-0.39, 0.29) is 6.61 Å². The molecule has 3 aromatic rings. The van der Waals surface area contributed by atoms with Gasteiger partial charge in [-0.25, -0.2) is 4.79 Å². The molecule has 0 aliphatic rings. The van der Waals surface area contributed by atoms with Gasteiger partial charge in [0.15, 0.2) is 6.61 Å². The van der Waals surface area contributed by atoms with Gasteiger partial charge in [0, 0.05) is 17.1 Å². The molecule has 5 heteroatoms. The highest BCUT2D eigenvalue weighted by molar-refractivity contribution is 6.03. The van der Waals surface area contributed by atoms with Crippen LogP contribution in [0.25, 0.3) is 16.8 Å². The SMILES string of the molecule is COc1cccc(/C=C/C(=O)OCC(=O)Nc2cccc3ccccc23)c1. The molecule has 5 nitrogen and oxygen atoms in total. The molecule has 0 aromatic heterocycles. The van der Waals surface area contributed by atoms with Gasteiger partial charge in [0.05, 0.1) is 7.11 Å². The van der Waals surface area contributed by atoms with Crippen LogP contribution in [0.15, 0.2) is 72.8 Å². The van der Waals surface area contributed by atoms with Crippen molar-refractivity contribution in [2.75, 3.05) is 19.0 Å². The number of hydrogen-bond donors (Lipinski definition) is 1. The van der Waals surface area contributed by atoms with E-state index >= 15 is 0 Å². The van der Waals surface area contributed by atoms with Gasteiger partial charge in [0.1, 0.15) is 5.75 Å². The Bertz CT molecular complexity index is 989. The van der Waals surface area contributed by atoms with Crippen LogP contribution < -0.4 is 10.1 Å². The maximum Gasteiger partial charge on any atom is 0.331 e. The van der Waals surface area contributed by atoms with Crippen LogP contribution in [0.5, 0.6) is 5.75 Å². The van der Waals surface area contributed by atoms with Crippen molar-refractivity contribution >= 4 is 34.4 Å². The number of carbonyl (C=O) groups is 2. The minimum absolute atomic E-state index is 0.357. The Labute approximate surface area is 157 Å². The van der Waals surface area contributed by atoms with Crippen LogP contribution in [-0.4, -0.2) is 25.6 Å². The van der Waals surface area contributed by atoms with E-state index in [1.54, 1.807) is 19.3 Å². The Morgan fingerprint density at radius 3 is 2.63 bits per heavy atom. The number of nitrogens with one attached hydrogen (secondary N) is 1. The van der Waals surface area contributed by atoms with E-state index in [4.69, 9.17) is 9.47 Å². The average Bonchev–Trinajstić information content (AvgIpc) is 2.71. The van der Waals surface area contributed by atoms with Crippen LogP contribution in [-0.2, 0) is 14.3 Å². The minimum Gasteiger partial charge on any atom is -0.497 e. The molecule has 0 saturated heterocycles. The van der Waals surface area contributed by atoms with E-state index in [0.717, 1.165) is 16.3 Å². The van der Waals surface area contributed by atoms with Crippen molar-refractivity contribution in [3.63, 3.8) is 0 Å². The molecule has 0 radical (unpaired) electrons. The van der Waals surface area contributed by atoms with E-state index in [1.165, 1.54) is 6.08 Å². The van der Waals surface area contributed by atoms with Gasteiger partial charge < -0.3 is 14.8 Å². The summed E-state index contributed by atoms with van der Waals surface area (Å²) in [5.74, 6) is -0.291. The number of carbonyl (C=O) groups excluding carboxylic acids is 2. The molecular weight excluding hydrogens is 342 g/mol. The smallest absolute Gasteiger partial charge is 0.331 e. The van der Waals surface area contributed by atoms with Crippen molar-refractivity contribution in [1.29, 1.82) is 0 Å². The number of methoxy groups -OCH3 is 1. The molecule has 0 aliphatic heterocycles. The molecule has 0 bridgehead atoms. The minimum atomic E-state index is -0.592. The van der Waals surface area contributed by atoms with Crippen molar-refractivity contribution in [2.45, 2.75) is 0 Å². The van der Waals surface area contributed by atoms with Gasteiger partial charge in [0.2, 0.25) is 0 Å². The number of benzene rings is 3. The first-order valence-corrected chi connectivity index (χ1v) is 8.42. The van der Waals surface area contributed by atoms with Crippen LogP contribution in [0.2, 0.25) is 0 Å². The number of fused-ring (bicyclic) bond motifs is 1. The molecule has 0 heterocycles. The van der Waals surface area contributed by atoms with Crippen molar-refractivity contribution in [1.82, 2.24) is 0 Å². The lowest BCUT2D eigenvalue weighted by Crippen LogP contribution is -2.20. The van der Waals surface area contributed by atoms with Gasteiger partial charge in [0.25, 0.3) is 5.91 Å². The number of esters is 1. The van der Waals surface area contributed by atoms with Gasteiger partial charge in [-0.2, -0.15) is 0 Å². The van der Waals surface area contributed by atoms with Crippen LogP contribution in [0.1, 0.15) is 5.56 Å². The fourth-order valence-corrected chi connectivity index (χ4v) is 2.61. The average molecular weight is 361 g/mol. The highest BCUT2D eigenvalue weighted by atomic mass is 16.5.